The summed E-state index contributed by atoms with van der Waals surface area (Å²) in [4.78, 5) is 18.8. The number of amides is 1. The molecule has 0 bridgehead atoms. The van der Waals surface area contributed by atoms with Gasteiger partial charge in [0.15, 0.2) is 18.2 Å². The molecule has 1 aliphatic rings. The van der Waals surface area contributed by atoms with Gasteiger partial charge >= 0.3 is 0 Å². The molecular weight excluding hydrogens is 391 g/mol. The summed E-state index contributed by atoms with van der Waals surface area (Å²) in [5, 5.41) is 0.685. The maximum absolute atomic E-state index is 13.6. The molecule has 3 aromatic rings. The van der Waals surface area contributed by atoms with Crippen molar-refractivity contribution in [2.24, 2.45) is 0 Å². The van der Waals surface area contributed by atoms with E-state index in [1.807, 2.05) is 0 Å². The Morgan fingerprint density at radius 1 is 1.17 bits per heavy atom. The molecule has 0 aliphatic carbocycles. The standard InChI is InChI=1S/C22H23FN2O3S/c1-14-7-8-15(2)21-20(14)24-22(29-21)28-16-9-11-25(12-10-16)19(26)13-27-18-6-4-3-5-17(18)23/h3-8,16H,9-13H2,1-2H3. The van der Waals surface area contributed by atoms with Crippen molar-refractivity contribution < 1.29 is 18.7 Å². The first-order valence-corrected chi connectivity index (χ1v) is 10.5. The van der Waals surface area contributed by atoms with E-state index in [0.717, 1.165) is 28.6 Å². The quantitative estimate of drug-likeness (QED) is 0.617. The molecule has 0 unspecified atom stereocenters. The summed E-state index contributed by atoms with van der Waals surface area (Å²) in [6.45, 7) is 5.15. The predicted octanol–water partition coefficient (Wildman–Crippen LogP) is 4.50. The van der Waals surface area contributed by atoms with Crippen LogP contribution >= 0.6 is 11.3 Å². The lowest BCUT2D eigenvalue weighted by atomic mass is 10.1. The largest absolute Gasteiger partial charge is 0.481 e. The van der Waals surface area contributed by atoms with Crippen LogP contribution in [-0.2, 0) is 4.79 Å². The lowest BCUT2D eigenvalue weighted by molar-refractivity contribution is -0.135. The minimum Gasteiger partial charge on any atom is -0.481 e. The fraction of sp³-hybridized carbons (Fsp3) is 0.364. The number of aryl methyl sites for hydroxylation is 2. The highest BCUT2D eigenvalue weighted by Gasteiger charge is 2.25. The van der Waals surface area contributed by atoms with Gasteiger partial charge in [-0.2, -0.15) is 0 Å². The molecule has 0 saturated carbocycles. The summed E-state index contributed by atoms with van der Waals surface area (Å²) < 4.78 is 26.2. The van der Waals surface area contributed by atoms with Crippen LogP contribution in [0.1, 0.15) is 24.0 Å². The average Bonchev–Trinajstić information content (AvgIpc) is 3.16. The van der Waals surface area contributed by atoms with Crippen LogP contribution in [-0.4, -0.2) is 41.6 Å². The molecule has 2 heterocycles. The van der Waals surface area contributed by atoms with Crippen molar-refractivity contribution >= 4 is 27.5 Å². The van der Waals surface area contributed by atoms with Gasteiger partial charge in [0.25, 0.3) is 11.1 Å². The Bertz CT molecular complexity index is 989. The summed E-state index contributed by atoms with van der Waals surface area (Å²) in [6, 6.07) is 10.3. The molecule has 7 heteroatoms. The molecule has 0 radical (unpaired) electrons. The molecule has 1 aromatic heterocycles. The van der Waals surface area contributed by atoms with Crippen molar-refractivity contribution in [1.82, 2.24) is 9.88 Å². The molecule has 2 aromatic carbocycles. The number of benzene rings is 2. The number of carbonyl (C=O) groups excluding carboxylic acids is 1. The van der Waals surface area contributed by atoms with Crippen LogP contribution in [0.3, 0.4) is 0 Å². The first-order chi connectivity index (χ1) is 14.0. The molecule has 0 N–H and O–H groups in total. The zero-order valence-corrected chi connectivity index (χ0v) is 17.3. The number of ether oxygens (including phenoxy) is 2. The molecule has 29 heavy (non-hydrogen) atoms. The van der Waals surface area contributed by atoms with Crippen molar-refractivity contribution in [3.8, 4) is 10.9 Å². The fourth-order valence-electron chi connectivity index (χ4n) is 3.45. The van der Waals surface area contributed by atoms with Gasteiger partial charge in [0.1, 0.15) is 6.10 Å². The Kier molecular flexibility index (Phi) is 5.67. The molecule has 4 rings (SSSR count). The molecule has 1 amide bonds. The van der Waals surface area contributed by atoms with E-state index < -0.39 is 5.82 Å². The average molecular weight is 415 g/mol. The van der Waals surface area contributed by atoms with Crippen LogP contribution in [0.25, 0.3) is 10.2 Å². The van der Waals surface area contributed by atoms with Crippen LogP contribution in [0.15, 0.2) is 36.4 Å². The second kappa shape index (κ2) is 8.37. The van der Waals surface area contributed by atoms with Gasteiger partial charge in [-0.15, -0.1) is 0 Å². The van der Waals surface area contributed by atoms with Crippen LogP contribution in [0.5, 0.6) is 10.9 Å². The number of para-hydroxylation sites is 1. The number of hydrogen-bond donors (Lipinski definition) is 0. The topological polar surface area (TPSA) is 51.7 Å². The van der Waals surface area contributed by atoms with Gasteiger partial charge in [0, 0.05) is 25.9 Å². The van der Waals surface area contributed by atoms with E-state index in [1.54, 1.807) is 28.4 Å². The zero-order valence-electron chi connectivity index (χ0n) is 16.5. The van der Waals surface area contributed by atoms with Gasteiger partial charge < -0.3 is 14.4 Å². The van der Waals surface area contributed by atoms with Crippen molar-refractivity contribution in [1.29, 1.82) is 0 Å². The third kappa shape index (κ3) is 4.34. The van der Waals surface area contributed by atoms with E-state index >= 15 is 0 Å². The highest BCUT2D eigenvalue weighted by Crippen LogP contribution is 2.33. The molecular formula is C22H23FN2O3S. The monoisotopic (exact) mass is 414 g/mol. The van der Waals surface area contributed by atoms with Crippen LogP contribution in [0.4, 0.5) is 4.39 Å². The molecule has 5 nitrogen and oxygen atoms in total. The van der Waals surface area contributed by atoms with E-state index in [9.17, 15) is 9.18 Å². The highest BCUT2D eigenvalue weighted by molar-refractivity contribution is 7.20. The van der Waals surface area contributed by atoms with E-state index in [2.05, 4.69) is 31.0 Å². The number of halogens is 1. The number of likely N-dealkylation sites (tertiary alicyclic amines) is 1. The van der Waals surface area contributed by atoms with Gasteiger partial charge in [-0.3, -0.25) is 4.79 Å². The smallest absolute Gasteiger partial charge is 0.274 e. The normalized spacial score (nSPS) is 14.9. The number of hydrogen-bond acceptors (Lipinski definition) is 5. The van der Waals surface area contributed by atoms with Crippen molar-refractivity contribution in [2.45, 2.75) is 32.8 Å². The first kappa shape index (κ1) is 19.6. The fourth-order valence-corrected chi connectivity index (χ4v) is 4.48. The summed E-state index contributed by atoms with van der Waals surface area (Å²) in [5.74, 6) is -0.507. The summed E-state index contributed by atoms with van der Waals surface area (Å²) >= 11 is 1.58. The van der Waals surface area contributed by atoms with Gasteiger partial charge in [-0.25, -0.2) is 9.37 Å². The third-order valence-electron chi connectivity index (χ3n) is 5.17. The second-order valence-corrected chi connectivity index (χ2v) is 8.24. The molecule has 1 fully saturated rings. The Morgan fingerprint density at radius 2 is 1.90 bits per heavy atom. The van der Waals surface area contributed by atoms with Crippen LogP contribution in [0.2, 0.25) is 0 Å². The molecule has 1 saturated heterocycles. The van der Waals surface area contributed by atoms with E-state index in [0.29, 0.717) is 18.3 Å². The van der Waals surface area contributed by atoms with E-state index in [1.165, 1.54) is 17.7 Å². The predicted molar refractivity (Wildman–Crippen MR) is 111 cm³/mol. The number of nitrogens with zero attached hydrogens (tertiary/aromatic N) is 2. The Labute approximate surface area is 173 Å². The number of fused-ring (bicyclic) bond motifs is 1. The van der Waals surface area contributed by atoms with Crippen molar-refractivity contribution in [2.75, 3.05) is 19.7 Å². The maximum Gasteiger partial charge on any atom is 0.274 e. The third-order valence-corrected chi connectivity index (χ3v) is 6.25. The van der Waals surface area contributed by atoms with Crippen molar-refractivity contribution in [3.63, 3.8) is 0 Å². The number of piperidine rings is 1. The van der Waals surface area contributed by atoms with Crippen LogP contribution < -0.4 is 9.47 Å². The van der Waals surface area contributed by atoms with Gasteiger partial charge in [-0.05, 0) is 37.1 Å². The van der Waals surface area contributed by atoms with E-state index in [4.69, 9.17) is 9.47 Å². The lowest BCUT2D eigenvalue weighted by Crippen LogP contribution is -2.43. The molecule has 0 spiro atoms. The number of carbonyl (C=O) groups is 1. The minimum absolute atomic E-state index is 0.0349. The number of aromatic nitrogens is 1. The SMILES string of the molecule is Cc1ccc(C)c2sc(OC3CCN(C(=O)COc4ccccc4F)CC3)nc12. The van der Waals surface area contributed by atoms with Gasteiger partial charge in [0.05, 0.1) is 10.2 Å². The summed E-state index contributed by atoms with van der Waals surface area (Å²) in [6.07, 6.45) is 1.51. The molecule has 1 aliphatic heterocycles. The summed E-state index contributed by atoms with van der Waals surface area (Å²) in [7, 11) is 0. The minimum atomic E-state index is -0.464. The highest BCUT2D eigenvalue weighted by atomic mass is 32.1. The maximum atomic E-state index is 13.6. The first-order valence-electron chi connectivity index (χ1n) is 9.70. The van der Waals surface area contributed by atoms with Crippen molar-refractivity contribution in [3.05, 3.63) is 53.3 Å². The lowest BCUT2D eigenvalue weighted by Gasteiger charge is -2.31. The van der Waals surface area contributed by atoms with Gasteiger partial charge in [-0.1, -0.05) is 35.6 Å². The second-order valence-electron chi connectivity index (χ2n) is 7.27. The number of rotatable bonds is 5. The summed E-state index contributed by atoms with van der Waals surface area (Å²) in [5.41, 5.74) is 3.35. The van der Waals surface area contributed by atoms with E-state index in [-0.39, 0.29) is 24.4 Å². The van der Waals surface area contributed by atoms with Crippen LogP contribution in [0, 0.1) is 19.7 Å². The Hall–Kier alpha value is -2.67. The molecule has 152 valence electrons. The Balaban J connectivity index is 1.30. The number of thiazole rings is 1. The van der Waals surface area contributed by atoms with Gasteiger partial charge in [0.2, 0.25) is 0 Å². The molecule has 0 atom stereocenters. The Morgan fingerprint density at radius 3 is 2.62 bits per heavy atom. The zero-order chi connectivity index (χ0) is 20.4.